The van der Waals surface area contributed by atoms with Gasteiger partial charge in [-0.15, -0.1) is 0 Å². The molecule has 3 nitrogen and oxygen atoms in total. The van der Waals surface area contributed by atoms with Crippen molar-refractivity contribution in [3.8, 4) is 17.2 Å². The van der Waals surface area contributed by atoms with Gasteiger partial charge >= 0.3 is 0 Å². The van der Waals surface area contributed by atoms with Crippen molar-refractivity contribution in [2.75, 3.05) is 0 Å². The fraction of sp³-hybridized carbons (Fsp3) is 0.419. The molecule has 0 aliphatic heterocycles. The number of aromatic hydroxyl groups is 3. The van der Waals surface area contributed by atoms with E-state index in [9.17, 15) is 15.3 Å². The van der Waals surface area contributed by atoms with Crippen molar-refractivity contribution in [1.82, 2.24) is 0 Å². The summed E-state index contributed by atoms with van der Waals surface area (Å²) in [5, 5.41) is 31.7. The molecule has 0 radical (unpaired) electrons. The molecule has 0 unspecified atom stereocenters. The molecular weight excluding hydrogens is 420 g/mol. The molecule has 5 rings (SSSR count). The van der Waals surface area contributed by atoms with E-state index in [2.05, 4.69) is 18.2 Å². The molecule has 3 aromatic carbocycles. The van der Waals surface area contributed by atoms with Crippen LogP contribution < -0.4 is 0 Å². The maximum atomic E-state index is 10.7. The zero-order valence-electron chi connectivity index (χ0n) is 19.9. The Hall–Kier alpha value is -2.94. The van der Waals surface area contributed by atoms with E-state index >= 15 is 0 Å². The predicted octanol–water partition coefficient (Wildman–Crippen LogP) is 8.08. The topological polar surface area (TPSA) is 60.7 Å². The molecule has 0 amide bonds. The summed E-state index contributed by atoms with van der Waals surface area (Å²) in [4.78, 5) is 0. The molecule has 2 aliphatic rings. The lowest BCUT2D eigenvalue weighted by molar-refractivity contribution is 0.413. The number of hydrogen-bond donors (Lipinski definition) is 3. The van der Waals surface area contributed by atoms with E-state index in [-0.39, 0.29) is 11.7 Å². The van der Waals surface area contributed by atoms with Gasteiger partial charge in [-0.05, 0) is 89.6 Å². The maximum absolute atomic E-state index is 10.7. The molecule has 3 aromatic rings. The third-order valence-electron chi connectivity index (χ3n) is 8.06. The Kier molecular flexibility index (Phi) is 6.80. The van der Waals surface area contributed by atoms with Gasteiger partial charge in [0.05, 0.1) is 0 Å². The Bertz CT molecular complexity index is 1060. The molecule has 2 fully saturated rings. The number of phenols is 3. The van der Waals surface area contributed by atoms with Crippen molar-refractivity contribution in [1.29, 1.82) is 0 Å². The lowest BCUT2D eigenvalue weighted by atomic mass is 9.78. The van der Waals surface area contributed by atoms with Crippen molar-refractivity contribution < 1.29 is 15.3 Å². The quantitative estimate of drug-likeness (QED) is 0.340. The maximum Gasteiger partial charge on any atom is 0.119 e. The zero-order chi connectivity index (χ0) is 23.5. The summed E-state index contributed by atoms with van der Waals surface area (Å²) in [6, 6.07) is 19.6. The van der Waals surface area contributed by atoms with E-state index in [4.69, 9.17) is 0 Å². The summed E-state index contributed by atoms with van der Waals surface area (Å²) in [6.45, 7) is 0. The monoisotopic (exact) mass is 456 g/mol. The first-order valence-corrected chi connectivity index (χ1v) is 13.0. The van der Waals surface area contributed by atoms with Crippen LogP contribution in [0.1, 0.15) is 110 Å². The lowest BCUT2D eigenvalue weighted by Gasteiger charge is -2.27. The first-order valence-electron chi connectivity index (χ1n) is 13.0. The Morgan fingerprint density at radius 1 is 0.529 bits per heavy atom. The third kappa shape index (κ3) is 4.80. The van der Waals surface area contributed by atoms with Gasteiger partial charge < -0.3 is 15.3 Å². The number of phenolic OH excluding ortho intramolecular Hbond substituents is 3. The number of hydrogen-bond acceptors (Lipinski definition) is 3. The first kappa shape index (κ1) is 22.8. The third-order valence-corrected chi connectivity index (χ3v) is 8.06. The average molecular weight is 457 g/mol. The summed E-state index contributed by atoms with van der Waals surface area (Å²) in [7, 11) is 0. The van der Waals surface area contributed by atoms with Gasteiger partial charge in [0.2, 0.25) is 0 Å². The SMILES string of the molecule is Oc1cccc(C(c2ccc(O)c(C3CCCCC3)c2)c2ccc(O)c(C3CCCCC3)c2)c1. The van der Waals surface area contributed by atoms with E-state index in [1.54, 1.807) is 6.07 Å². The second kappa shape index (κ2) is 10.1. The second-order valence-corrected chi connectivity index (χ2v) is 10.3. The molecule has 2 aliphatic carbocycles. The minimum atomic E-state index is -0.0852. The molecule has 0 spiro atoms. The van der Waals surface area contributed by atoms with Gasteiger partial charge in [-0.2, -0.15) is 0 Å². The van der Waals surface area contributed by atoms with E-state index in [0.717, 1.165) is 53.5 Å². The number of benzene rings is 3. The minimum Gasteiger partial charge on any atom is -0.508 e. The van der Waals surface area contributed by atoms with Gasteiger partial charge in [0.25, 0.3) is 0 Å². The molecule has 0 saturated heterocycles. The highest BCUT2D eigenvalue weighted by molar-refractivity contribution is 5.51. The van der Waals surface area contributed by atoms with E-state index in [1.165, 1.54) is 38.5 Å². The van der Waals surface area contributed by atoms with Gasteiger partial charge in [0.15, 0.2) is 0 Å². The summed E-state index contributed by atoms with van der Waals surface area (Å²) in [5.41, 5.74) is 5.34. The van der Waals surface area contributed by atoms with Gasteiger partial charge in [-0.1, -0.05) is 74.9 Å². The average Bonchev–Trinajstić information content (AvgIpc) is 2.87. The molecule has 0 heterocycles. The van der Waals surface area contributed by atoms with Crippen LogP contribution in [0.3, 0.4) is 0 Å². The van der Waals surface area contributed by atoms with Crippen LogP contribution in [0.25, 0.3) is 0 Å². The molecular formula is C31H36O3. The molecule has 2 saturated carbocycles. The van der Waals surface area contributed by atoms with Crippen LogP contribution >= 0.6 is 0 Å². The zero-order valence-corrected chi connectivity index (χ0v) is 19.9. The molecule has 3 N–H and O–H groups in total. The van der Waals surface area contributed by atoms with E-state index < -0.39 is 0 Å². The summed E-state index contributed by atoms with van der Waals surface area (Å²) in [6.07, 6.45) is 11.9. The van der Waals surface area contributed by atoms with Crippen LogP contribution in [0, 0.1) is 0 Å². The summed E-state index contributed by atoms with van der Waals surface area (Å²) in [5.74, 6) is 1.74. The Morgan fingerprint density at radius 2 is 1.00 bits per heavy atom. The molecule has 0 atom stereocenters. The largest absolute Gasteiger partial charge is 0.508 e. The van der Waals surface area contributed by atoms with Crippen LogP contribution in [-0.2, 0) is 0 Å². The molecule has 3 heteroatoms. The first-order chi connectivity index (χ1) is 16.6. The van der Waals surface area contributed by atoms with Gasteiger partial charge in [0.1, 0.15) is 17.2 Å². The summed E-state index contributed by atoms with van der Waals surface area (Å²) >= 11 is 0. The van der Waals surface area contributed by atoms with Crippen molar-refractivity contribution in [2.24, 2.45) is 0 Å². The molecule has 0 aromatic heterocycles. The van der Waals surface area contributed by atoms with Crippen LogP contribution in [0.4, 0.5) is 0 Å². The van der Waals surface area contributed by atoms with Crippen LogP contribution in [-0.4, -0.2) is 15.3 Å². The van der Waals surface area contributed by atoms with Crippen molar-refractivity contribution in [2.45, 2.75) is 82.0 Å². The Balaban J connectivity index is 1.60. The highest BCUT2D eigenvalue weighted by atomic mass is 16.3. The van der Waals surface area contributed by atoms with Crippen LogP contribution in [0.5, 0.6) is 17.2 Å². The Labute approximate surface area is 203 Å². The van der Waals surface area contributed by atoms with Crippen molar-refractivity contribution in [3.63, 3.8) is 0 Å². The molecule has 34 heavy (non-hydrogen) atoms. The van der Waals surface area contributed by atoms with Crippen molar-refractivity contribution in [3.05, 3.63) is 88.5 Å². The number of rotatable bonds is 5. The van der Waals surface area contributed by atoms with Crippen LogP contribution in [0.15, 0.2) is 60.7 Å². The van der Waals surface area contributed by atoms with Crippen LogP contribution in [0.2, 0.25) is 0 Å². The molecule has 0 bridgehead atoms. The summed E-state index contributed by atoms with van der Waals surface area (Å²) < 4.78 is 0. The molecule has 178 valence electrons. The van der Waals surface area contributed by atoms with E-state index in [0.29, 0.717) is 23.3 Å². The Morgan fingerprint density at radius 3 is 1.47 bits per heavy atom. The second-order valence-electron chi connectivity index (χ2n) is 10.3. The standard InChI is InChI=1S/C31H36O3/c32-26-13-7-12-23(18-26)31(24-14-16-29(33)27(19-24)21-8-3-1-4-9-21)25-15-17-30(34)28(20-25)22-10-5-2-6-11-22/h7,12-22,31-34H,1-6,8-11H2. The van der Waals surface area contributed by atoms with Crippen molar-refractivity contribution >= 4 is 0 Å². The predicted molar refractivity (Wildman–Crippen MR) is 137 cm³/mol. The fourth-order valence-corrected chi connectivity index (χ4v) is 6.27. The van der Waals surface area contributed by atoms with Gasteiger partial charge in [-0.3, -0.25) is 0 Å². The highest BCUT2D eigenvalue weighted by Crippen LogP contribution is 2.43. The van der Waals surface area contributed by atoms with Gasteiger partial charge in [-0.25, -0.2) is 0 Å². The smallest absolute Gasteiger partial charge is 0.119 e. The van der Waals surface area contributed by atoms with Gasteiger partial charge in [0, 0.05) is 5.92 Å². The van der Waals surface area contributed by atoms with E-state index in [1.807, 2.05) is 36.4 Å². The normalized spacial score (nSPS) is 17.8. The lowest BCUT2D eigenvalue weighted by Crippen LogP contribution is -2.09. The fourth-order valence-electron chi connectivity index (χ4n) is 6.27. The highest BCUT2D eigenvalue weighted by Gasteiger charge is 2.25. The minimum absolute atomic E-state index is 0.0852.